The Balaban J connectivity index is 2.49. The summed E-state index contributed by atoms with van der Waals surface area (Å²) < 4.78 is 44.4. The maximum atomic E-state index is 12.0. The van der Waals surface area contributed by atoms with E-state index in [1.807, 2.05) is 0 Å². The molecule has 1 amide bonds. The zero-order valence-corrected chi connectivity index (χ0v) is 10.3. The van der Waals surface area contributed by atoms with Gasteiger partial charge in [0.05, 0.1) is 0 Å². The Morgan fingerprint density at radius 2 is 1.89 bits per heavy atom. The van der Waals surface area contributed by atoms with E-state index in [1.165, 1.54) is 0 Å². The van der Waals surface area contributed by atoms with Crippen molar-refractivity contribution in [1.82, 2.24) is 10.6 Å². The van der Waals surface area contributed by atoms with Gasteiger partial charge in [-0.15, -0.1) is 0 Å². The maximum Gasteiger partial charge on any atom is 0.491 e. The van der Waals surface area contributed by atoms with Gasteiger partial charge in [0.1, 0.15) is 0 Å². The average molecular weight is 284 g/mol. The molecule has 1 aliphatic heterocycles. The first kappa shape index (κ1) is 15.7. The molecule has 6 nitrogen and oxygen atoms in total. The normalized spacial score (nSPS) is 18.7. The van der Waals surface area contributed by atoms with E-state index in [-0.39, 0.29) is 6.04 Å². The smallest absolute Gasteiger partial charge is 0.419 e. The number of ether oxygens (including phenoxy) is 2. The minimum absolute atomic E-state index is 0.170. The summed E-state index contributed by atoms with van der Waals surface area (Å²) in [4.78, 5) is 22.2. The second-order valence-corrected chi connectivity index (χ2v) is 4.00. The van der Waals surface area contributed by atoms with E-state index in [9.17, 15) is 22.8 Å². The van der Waals surface area contributed by atoms with Crippen LogP contribution in [-0.4, -0.2) is 50.6 Å². The number of piperidine rings is 1. The van der Waals surface area contributed by atoms with Crippen LogP contribution in [0.1, 0.15) is 12.8 Å². The highest BCUT2D eigenvalue weighted by Gasteiger charge is 2.43. The van der Waals surface area contributed by atoms with Gasteiger partial charge in [0, 0.05) is 13.2 Å². The molecule has 19 heavy (non-hydrogen) atoms. The minimum atomic E-state index is -5.16. The van der Waals surface area contributed by atoms with Gasteiger partial charge in [0.25, 0.3) is 12.2 Å². The number of hydrogen-bond acceptors (Lipinski definition) is 5. The molecule has 0 bridgehead atoms. The molecular formula is C10H15F3N2O4. The number of carbonyl (C=O) groups excluding carboxylic acids is 2. The molecular weight excluding hydrogens is 269 g/mol. The van der Waals surface area contributed by atoms with E-state index < -0.39 is 24.3 Å². The van der Waals surface area contributed by atoms with E-state index in [1.54, 1.807) is 0 Å². The third-order valence-corrected chi connectivity index (χ3v) is 2.56. The van der Waals surface area contributed by atoms with Crippen LogP contribution < -0.4 is 10.6 Å². The topological polar surface area (TPSA) is 76.7 Å². The van der Waals surface area contributed by atoms with Crippen molar-refractivity contribution in [3.05, 3.63) is 0 Å². The molecule has 0 aromatic heterocycles. The molecule has 0 saturated carbocycles. The molecule has 0 radical (unpaired) electrons. The van der Waals surface area contributed by atoms with Gasteiger partial charge in [-0.1, -0.05) is 0 Å². The molecule has 1 fully saturated rings. The van der Waals surface area contributed by atoms with Crippen LogP contribution in [0, 0.1) is 0 Å². The van der Waals surface area contributed by atoms with E-state index in [2.05, 4.69) is 20.1 Å². The van der Waals surface area contributed by atoms with Crippen LogP contribution in [0.15, 0.2) is 0 Å². The fraction of sp³-hybridized carbons (Fsp3) is 0.800. The van der Waals surface area contributed by atoms with Gasteiger partial charge >= 0.3 is 12.1 Å². The summed E-state index contributed by atoms with van der Waals surface area (Å²) in [5.41, 5.74) is 0. The highest BCUT2D eigenvalue weighted by molar-refractivity contribution is 5.84. The first-order chi connectivity index (χ1) is 8.84. The van der Waals surface area contributed by atoms with Gasteiger partial charge < -0.3 is 20.1 Å². The number of methoxy groups -OCH3 is 1. The molecule has 0 spiro atoms. The summed E-state index contributed by atoms with van der Waals surface area (Å²) in [5, 5.41) is 5.54. The number of amides is 1. The number of esters is 1. The van der Waals surface area contributed by atoms with Crippen LogP contribution in [0.25, 0.3) is 0 Å². The van der Waals surface area contributed by atoms with Crippen LogP contribution >= 0.6 is 0 Å². The molecule has 1 aliphatic rings. The zero-order valence-electron chi connectivity index (χ0n) is 10.3. The Hall–Kier alpha value is -1.35. The highest BCUT2D eigenvalue weighted by atomic mass is 19.4. The quantitative estimate of drug-likeness (QED) is 0.558. The van der Waals surface area contributed by atoms with Gasteiger partial charge in [0.15, 0.2) is 0 Å². The number of carbonyl (C=O) groups is 2. The van der Waals surface area contributed by atoms with Gasteiger partial charge in [-0.3, -0.25) is 4.79 Å². The third-order valence-electron chi connectivity index (χ3n) is 2.56. The van der Waals surface area contributed by atoms with Crippen LogP contribution in [-0.2, 0) is 19.1 Å². The standard InChI is InChI=1S/C10H15F3N2O4/c1-18-8(19-9(17)10(11,12)13)7(16)15-6-2-4-14-5-3-6/h6,8,14H,2-5H2,1H3,(H,15,16). The Morgan fingerprint density at radius 3 is 2.37 bits per heavy atom. The van der Waals surface area contributed by atoms with Crippen molar-refractivity contribution in [3.8, 4) is 0 Å². The lowest BCUT2D eigenvalue weighted by Gasteiger charge is -2.25. The van der Waals surface area contributed by atoms with Crippen LogP contribution in [0.4, 0.5) is 13.2 Å². The summed E-state index contributed by atoms with van der Waals surface area (Å²) in [5.74, 6) is -3.35. The van der Waals surface area contributed by atoms with E-state index in [0.29, 0.717) is 25.9 Å². The fourth-order valence-corrected chi connectivity index (χ4v) is 1.61. The number of hydrogen-bond donors (Lipinski definition) is 2. The summed E-state index contributed by atoms with van der Waals surface area (Å²) in [6.45, 7) is 1.40. The molecule has 9 heteroatoms. The monoisotopic (exact) mass is 284 g/mol. The largest absolute Gasteiger partial charge is 0.491 e. The van der Waals surface area contributed by atoms with Gasteiger partial charge in [-0.05, 0) is 25.9 Å². The number of rotatable bonds is 4. The van der Waals surface area contributed by atoms with Gasteiger partial charge in [0.2, 0.25) is 0 Å². The summed E-state index contributed by atoms with van der Waals surface area (Å²) in [6.07, 6.45) is -5.76. The lowest BCUT2D eigenvalue weighted by molar-refractivity contribution is -0.222. The van der Waals surface area contributed by atoms with E-state index >= 15 is 0 Å². The molecule has 0 aliphatic carbocycles. The van der Waals surface area contributed by atoms with Crippen LogP contribution in [0.3, 0.4) is 0 Å². The SMILES string of the molecule is COC(OC(=O)C(F)(F)F)C(=O)NC1CCNCC1. The second-order valence-electron chi connectivity index (χ2n) is 4.00. The number of nitrogens with one attached hydrogen (secondary N) is 2. The van der Waals surface area contributed by atoms with E-state index in [0.717, 1.165) is 7.11 Å². The first-order valence-corrected chi connectivity index (χ1v) is 5.66. The summed E-state index contributed by atoms with van der Waals surface area (Å²) >= 11 is 0. The van der Waals surface area contributed by atoms with Crippen molar-refractivity contribution in [2.75, 3.05) is 20.2 Å². The third kappa shape index (κ3) is 5.03. The van der Waals surface area contributed by atoms with Crippen molar-refractivity contribution >= 4 is 11.9 Å². The predicted molar refractivity (Wildman–Crippen MR) is 57.0 cm³/mol. The Morgan fingerprint density at radius 1 is 1.32 bits per heavy atom. The van der Waals surface area contributed by atoms with Gasteiger partial charge in [-0.25, -0.2) is 4.79 Å². The molecule has 2 N–H and O–H groups in total. The summed E-state index contributed by atoms with van der Waals surface area (Å²) in [6, 6.07) is -0.170. The number of halogens is 3. The van der Waals surface area contributed by atoms with Crippen molar-refractivity contribution < 1.29 is 32.2 Å². The second kappa shape index (κ2) is 6.71. The molecule has 1 unspecified atom stereocenters. The molecule has 0 aromatic rings. The molecule has 1 saturated heterocycles. The minimum Gasteiger partial charge on any atom is -0.419 e. The van der Waals surface area contributed by atoms with E-state index in [4.69, 9.17) is 0 Å². The number of alkyl halides is 3. The molecule has 110 valence electrons. The van der Waals surface area contributed by atoms with Crippen molar-refractivity contribution in [2.24, 2.45) is 0 Å². The average Bonchev–Trinajstić information content (AvgIpc) is 2.35. The Kier molecular flexibility index (Phi) is 5.55. The molecule has 0 aromatic carbocycles. The zero-order chi connectivity index (χ0) is 14.5. The molecule has 1 heterocycles. The molecule has 1 atom stereocenters. The Bertz CT molecular complexity index is 329. The van der Waals surface area contributed by atoms with Gasteiger partial charge in [-0.2, -0.15) is 13.2 Å². The Labute approximate surface area is 107 Å². The maximum absolute atomic E-state index is 12.0. The highest BCUT2D eigenvalue weighted by Crippen LogP contribution is 2.17. The van der Waals surface area contributed by atoms with Crippen molar-refractivity contribution in [2.45, 2.75) is 31.3 Å². The van der Waals surface area contributed by atoms with Crippen molar-refractivity contribution in [1.29, 1.82) is 0 Å². The lowest BCUT2D eigenvalue weighted by atomic mass is 10.1. The fourth-order valence-electron chi connectivity index (χ4n) is 1.61. The lowest BCUT2D eigenvalue weighted by Crippen LogP contribution is -2.48. The van der Waals surface area contributed by atoms with Crippen LogP contribution in [0.5, 0.6) is 0 Å². The van der Waals surface area contributed by atoms with Crippen LogP contribution in [0.2, 0.25) is 0 Å². The van der Waals surface area contributed by atoms with Crippen molar-refractivity contribution in [3.63, 3.8) is 0 Å². The summed E-state index contributed by atoms with van der Waals surface area (Å²) in [7, 11) is 0.982. The first-order valence-electron chi connectivity index (χ1n) is 5.66. The predicted octanol–water partition coefficient (Wildman–Crippen LogP) is -0.0674. The molecule has 1 rings (SSSR count).